The molecule has 5 atom stereocenters. The van der Waals surface area contributed by atoms with E-state index in [1.54, 1.807) is 7.11 Å². The number of methoxy groups -OCH3 is 1. The number of hydroxylamine groups is 1. The second kappa shape index (κ2) is 8.48. The summed E-state index contributed by atoms with van der Waals surface area (Å²) in [4.78, 5) is 17.8. The Hall–Kier alpha value is -3.03. The van der Waals surface area contributed by atoms with E-state index in [4.69, 9.17) is 24.8 Å². The Bertz CT molecular complexity index is 1110. The smallest absolute Gasteiger partial charge is 0.167 e. The van der Waals surface area contributed by atoms with Crippen molar-refractivity contribution in [1.82, 2.24) is 25.0 Å². The minimum atomic E-state index is -1.20. The van der Waals surface area contributed by atoms with E-state index in [0.717, 1.165) is 17.1 Å². The van der Waals surface area contributed by atoms with Crippen LogP contribution >= 0.6 is 0 Å². The SMILES string of the molecule is COc1ccc2c(c1)CC(NOC[C@H]1O[C@@H](n3cnc4c(N)ncnc43)[C@H](O)[C@@H]1O)CO2. The fraction of sp³-hybridized carbons (Fsp3) is 0.450. The number of imidazole rings is 1. The Kier molecular flexibility index (Phi) is 5.53. The number of nitrogen functional groups attached to an aromatic ring is 1. The van der Waals surface area contributed by atoms with Crippen LogP contribution in [0, 0.1) is 0 Å². The van der Waals surface area contributed by atoms with Gasteiger partial charge in [0.2, 0.25) is 0 Å². The third-order valence-electron chi connectivity index (χ3n) is 5.67. The molecule has 2 aliphatic rings. The molecule has 0 aliphatic carbocycles. The summed E-state index contributed by atoms with van der Waals surface area (Å²) in [6, 6.07) is 5.58. The predicted molar refractivity (Wildman–Crippen MR) is 111 cm³/mol. The zero-order chi connectivity index (χ0) is 22.2. The normalized spacial score (nSPS) is 27.3. The summed E-state index contributed by atoms with van der Waals surface area (Å²) in [5.74, 6) is 1.80. The number of hydrogen-bond donors (Lipinski definition) is 4. The van der Waals surface area contributed by atoms with Crippen molar-refractivity contribution in [2.75, 3.05) is 26.1 Å². The maximum absolute atomic E-state index is 10.5. The molecule has 32 heavy (non-hydrogen) atoms. The van der Waals surface area contributed by atoms with Gasteiger partial charge in [-0.1, -0.05) is 0 Å². The first-order valence-electron chi connectivity index (χ1n) is 10.2. The minimum absolute atomic E-state index is 0.0138. The fourth-order valence-corrected chi connectivity index (χ4v) is 3.97. The molecule has 5 N–H and O–H groups in total. The van der Waals surface area contributed by atoms with E-state index in [-0.39, 0.29) is 18.5 Å². The van der Waals surface area contributed by atoms with Crippen LogP contribution in [0.5, 0.6) is 11.5 Å². The molecule has 170 valence electrons. The molecule has 1 unspecified atom stereocenters. The van der Waals surface area contributed by atoms with Crippen LogP contribution in [0.3, 0.4) is 0 Å². The van der Waals surface area contributed by atoms with E-state index >= 15 is 0 Å². The number of nitrogens with two attached hydrogens (primary N) is 1. The first kappa shape index (κ1) is 20.8. The Balaban J connectivity index is 1.20. The van der Waals surface area contributed by atoms with Crippen molar-refractivity contribution in [3.8, 4) is 11.5 Å². The third-order valence-corrected chi connectivity index (χ3v) is 5.67. The number of aromatic nitrogens is 4. The molecule has 0 amide bonds. The van der Waals surface area contributed by atoms with E-state index in [2.05, 4.69) is 20.4 Å². The molecule has 1 aromatic carbocycles. The molecular weight excluding hydrogens is 420 g/mol. The molecule has 4 heterocycles. The van der Waals surface area contributed by atoms with Crippen molar-refractivity contribution in [3.05, 3.63) is 36.4 Å². The minimum Gasteiger partial charge on any atom is -0.497 e. The van der Waals surface area contributed by atoms with E-state index in [9.17, 15) is 10.2 Å². The highest BCUT2D eigenvalue weighted by atomic mass is 16.7. The van der Waals surface area contributed by atoms with E-state index < -0.39 is 24.5 Å². The lowest BCUT2D eigenvalue weighted by Crippen LogP contribution is -2.42. The predicted octanol–water partition coefficient (Wildman–Crippen LogP) is -0.439. The molecule has 2 aromatic heterocycles. The number of ether oxygens (including phenoxy) is 3. The van der Waals surface area contributed by atoms with Gasteiger partial charge in [-0.2, -0.15) is 5.48 Å². The molecule has 0 saturated carbocycles. The van der Waals surface area contributed by atoms with E-state index in [1.165, 1.54) is 17.2 Å². The van der Waals surface area contributed by atoms with Gasteiger partial charge in [0, 0.05) is 0 Å². The lowest BCUT2D eigenvalue weighted by Gasteiger charge is -2.26. The first-order valence-corrected chi connectivity index (χ1v) is 10.2. The van der Waals surface area contributed by atoms with Crippen LogP contribution in [0.1, 0.15) is 11.8 Å². The molecular formula is C20H24N6O6. The number of benzene rings is 1. The van der Waals surface area contributed by atoms with Crippen molar-refractivity contribution in [2.24, 2.45) is 0 Å². The van der Waals surface area contributed by atoms with Gasteiger partial charge in [0.05, 0.1) is 26.1 Å². The topological polar surface area (TPSA) is 159 Å². The number of rotatable bonds is 6. The summed E-state index contributed by atoms with van der Waals surface area (Å²) >= 11 is 0. The van der Waals surface area contributed by atoms with Crippen LogP contribution < -0.4 is 20.7 Å². The molecule has 0 spiro atoms. The van der Waals surface area contributed by atoms with Crippen LogP contribution in [0.15, 0.2) is 30.9 Å². The molecule has 0 radical (unpaired) electrons. The van der Waals surface area contributed by atoms with Gasteiger partial charge in [-0.3, -0.25) is 9.40 Å². The van der Waals surface area contributed by atoms with Crippen LogP contribution in [-0.2, 0) is 16.0 Å². The first-order chi connectivity index (χ1) is 15.5. The third kappa shape index (κ3) is 3.72. The second-order valence-corrected chi connectivity index (χ2v) is 7.74. The second-order valence-electron chi connectivity index (χ2n) is 7.74. The van der Waals surface area contributed by atoms with Crippen LogP contribution in [0.25, 0.3) is 11.2 Å². The van der Waals surface area contributed by atoms with Crippen LogP contribution in [0.4, 0.5) is 5.82 Å². The highest BCUT2D eigenvalue weighted by Gasteiger charge is 2.44. The molecule has 3 aromatic rings. The summed E-state index contributed by atoms with van der Waals surface area (Å²) in [6.45, 7) is 0.445. The van der Waals surface area contributed by atoms with Crippen LogP contribution in [0.2, 0.25) is 0 Å². The Labute approximate surface area is 182 Å². The van der Waals surface area contributed by atoms with Crippen LogP contribution in [-0.4, -0.2) is 74.4 Å². The Morgan fingerprint density at radius 1 is 1.25 bits per heavy atom. The summed E-state index contributed by atoms with van der Waals surface area (Å²) < 4.78 is 18.4. The number of anilines is 1. The number of fused-ring (bicyclic) bond motifs is 2. The largest absolute Gasteiger partial charge is 0.497 e. The number of aliphatic hydroxyl groups excluding tert-OH is 2. The molecule has 2 aliphatic heterocycles. The number of aliphatic hydroxyl groups is 2. The lowest BCUT2D eigenvalue weighted by molar-refractivity contribution is -0.0955. The van der Waals surface area contributed by atoms with Gasteiger partial charge >= 0.3 is 0 Å². The van der Waals surface area contributed by atoms with Gasteiger partial charge in [0.15, 0.2) is 17.7 Å². The number of nitrogens with one attached hydrogen (secondary N) is 1. The van der Waals surface area contributed by atoms with Crippen molar-refractivity contribution in [3.63, 3.8) is 0 Å². The van der Waals surface area contributed by atoms with Gasteiger partial charge in [-0.25, -0.2) is 15.0 Å². The lowest BCUT2D eigenvalue weighted by atomic mass is 10.0. The molecule has 0 bridgehead atoms. The van der Waals surface area contributed by atoms with Crippen molar-refractivity contribution in [2.45, 2.75) is 37.0 Å². The number of nitrogens with zero attached hydrogens (tertiary/aromatic N) is 4. The molecule has 12 nitrogen and oxygen atoms in total. The average Bonchev–Trinajstić information content (AvgIpc) is 3.36. The van der Waals surface area contributed by atoms with Gasteiger partial charge in [0.1, 0.15) is 48.3 Å². The van der Waals surface area contributed by atoms with Gasteiger partial charge < -0.3 is 30.2 Å². The van der Waals surface area contributed by atoms with E-state index in [0.29, 0.717) is 24.2 Å². The van der Waals surface area contributed by atoms with Crippen molar-refractivity contribution < 1.29 is 29.3 Å². The number of hydrogen-bond acceptors (Lipinski definition) is 11. The highest BCUT2D eigenvalue weighted by molar-refractivity contribution is 5.81. The van der Waals surface area contributed by atoms with Crippen molar-refractivity contribution >= 4 is 17.0 Å². The zero-order valence-electron chi connectivity index (χ0n) is 17.3. The molecule has 12 heteroatoms. The maximum atomic E-state index is 10.5. The summed E-state index contributed by atoms with van der Waals surface area (Å²) in [6.07, 6.45) is -0.582. The van der Waals surface area contributed by atoms with Gasteiger partial charge in [-0.15, -0.1) is 0 Å². The van der Waals surface area contributed by atoms with Gasteiger partial charge in [-0.05, 0) is 30.2 Å². The summed E-state index contributed by atoms with van der Waals surface area (Å²) in [5.41, 5.74) is 10.6. The maximum Gasteiger partial charge on any atom is 0.167 e. The highest BCUT2D eigenvalue weighted by Crippen LogP contribution is 2.32. The zero-order valence-corrected chi connectivity index (χ0v) is 17.3. The van der Waals surface area contributed by atoms with Crippen molar-refractivity contribution in [1.29, 1.82) is 0 Å². The fourth-order valence-electron chi connectivity index (χ4n) is 3.97. The van der Waals surface area contributed by atoms with Gasteiger partial charge in [0.25, 0.3) is 0 Å². The monoisotopic (exact) mass is 444 g/mol. The Morgan fingerprint density at radius 2 is 2.12 bits per heavy atom. The Morgan fingerprint density at radius 3 is 2.97 bits per heavy atom. The summed E-state index contributed by atoms with van der Waals surface area (Å²) in [7, 11) is 1.62. The molecule has 1 fully saturated rings. The summed E-state index contributed by atoms with van der Waals surface area (Å²) in [5, 5.41) is 21.0. The van der Waals surface area contributed by atoms with E-state index in [1.807, 2.05) is 18.2 Å². The average molecular weight is 444 g/mol. The quantitative estimate of drug-likeness (QED) is 0.365. The molecule has 1 saturated heterocycles. The standard InChI is InChI=1S/C20H24N6O6/c1-29-12-2-3-13-10(5-12)4-11(6-30-13)25-31-7-14-16(27)17(28)20(32-14)26-9-24-15-18(21)22-8-23-19(15)26/h2-3,5,8-9,11,14,16-17,20,25,27-28H,4,6-7H2,1H3,(H2,21,22,23)/t11?,14-,16-,17-,20-/m1/s1. The molecule has 5 rings (SSSR count).